The minimum absolute atomic E-state index is 0.135. The maximum Gasteiger partial charge on any atom is 0.123 e. The zero-order valence-corrected chi connectivity index (χ0v) is 14.5. The van der Waals surface area contributed by atoms with E-state index in [-0.39, 0.29) is 5.82 Å². The van der Waals surface area contributed by atoms with Gasteiger partial charge < -0.3 is 4.57 Å². The van der Waals surface area contributed by atoms with Crippen LogP contribution in [0, 0.1) is 5.82 Å². The summed E-state index contributed by atoms with van der Waals surface area (Å²) in [4.78, 5) is 6.60. The van der Waals surface area contributed by atoms with E-state index in [1.165, 1.54) is 35.2 Å². The topological polar surface area (TPSA) is 21.1 Å². The SMILES string of the molecule is CN1C2CCC1c1c(n(CCc3ccncc3)c3ccc(F)cc13)C2. The second kappa shape index (κ2) is 5.67. The summed E-state index contributed by atoms with van der Waals surface area (Å²) >= 11 is 0. The molecular formula is C21H22FN3. The molecule has 0 spiro atoms. The van der Waals surface area contributed by atoms with Gasteiger partial charge in [-0.15, -0.1) is 0 Å². The van der Waals surface area contributed by atoms with E-state index in [1.54, 1.807) is 12.1 Å². The highest BCUT2D eigenvalue weighted by molar-refractivity contribution is 5.86. The van der Waals surface area contributed by atoms with Gasteiger partial charge in [0.25, 0.3) is 0 Å². The van der Waals surface area contributed by atoms with E-state index < -0.39 is 0 Å². The molecule has 128 valence electrons. The summed E-state index contributed by atoms with van der Waals surface area (Å²) in [5.74, 6) is -0.135. The molecule has 0 N–H and O–H groups in total. The van der Waals surface area contributed by atoms with Crippen molar-refractivity contribution >= 4 is 10.9 Å². The number of hydrogen-bond donors (Lipinski definition) is 0. The van der Waals surface area contributed by atoms with Gasteiger partial charge in [-0.25, -0.2) is 4.39 Å². The van der Waals surface area contributed by atoms with Crippen molar-refractivity contribution in [2.24, 2.45) is 0 Å². The van der Waals surface area contributed by atoms with Crippen LogP contribution in [0.4, 0.5) is 4.39 Å². The van der Waals surface area contributed by atoms with Crippen molar-refractivity contribution < 1.29 is 4.39 Å². The standard InChI is InChI=1S/C21H22FN3/c1-24-16-3-5-19(24)21-17-12-15(22)2-4-18(17)25(20(21)13-16)11-8-14-6-9-23-10-7-14/h2,4,6-7,9-10,12,16,19H,3,5,8,11,13H2,1H3. The van der Waals surface area contributed by atoms with Gasteiger partial charge in [-0.05, 0) is 67.8 Å². The minimum atomic E-state index is -0.135. The van der Waals surface area contributed by atoms with Crippen LogP contribution in [0.5, 0.6) is 0 Å². The molecule has 1 fully saturated rings. The molecular weight excluding hydrogens is 313 g/mol. The lowest BCUT2D eigenvalue weighted by Gasteiger charge is -2.32. The van der Waals surface area contributed by atoms with Crippen molar-refractivity contribution in [2.75, 3.05) is 7.05 Å². The molecule has 4 heterocycles. The summed E-state index contributed by atoms with van der Waals surface area (Å²) in [7, 11) is 2.23. The minimum Gasteiger partial charge on any atom is -0.344 e. The highest BCUT2D eigenvalue weighted by atomic mass is 19.1. The molecule has 25 heavy (non-hydrogen) atoms. The van der Waals surface area contributed by atoms with E-state index in [4.69, 9.17) is 0 Å². The number of fused-ring (bicyclic) bond motifs is 6. The number of benzene rings is 1. The lowest BCUT2D eigenvalue weighted by atomic mass is 9.97. The van der Waals surface area contributed by atoms with Gasteiger partial charge in [0.15, 0.2) is 0 Å². The number of pyridine rings is 1. The average Bonchev–Trinajstić information content (AvgIpc) is 3.04. The van der Waals surface area contributed by atoms with Crippen LogP contribution in [0.1, 0.15) is 35.7 Å². The molecule has 4 heteroatoms. The predicted molar refractivity (Wildman–Crippen MR) is 97.1 cm³/mol. The normalized spacial score (nSPS) is 22.5. The zero-order valence-electron chi connectivity index (χ0n) is 14.5. The Kier molecular flexibility index (Phi) is 3.42. The van der Waals surface area contributed by atoms with Crippen molar-refractivity contribution in [2.45, 2.75) is 44.3 Å². The molecule has 0 saturated carbocycles. The molecule has 3 nitrogen and oxygen atoms in total. The Balaban J connectivity index is 1.62. The van der Waals surface area contributed by atoms with Gasteiger partial charge in [0, 0.05) is 54.0 Å². The van der Waals surface area contributed by atoms with Crippen LogP contribution in [0.2, 0.25) is 0 Å². The van der Waals surface area contributed by atoms with Crippen LogP contribution in [-0.4, -0.2) is 27.5 Å². The number of hydrogen-bond acceptors (Lipinski definition) is 2. The number of rotatable bonds is 3. The third-order valence-corrected chi connectivity index (χ3v) is 6.15. The zero-order chi connectivity index (χ0) is 17.0. The lowest BCUT2D eigenvalue weighted by Crippen LogP contribution is -2.34. The first-order chi connectivity index (χ1) is 12.2. The van der Waals surface area contributed by atoms with Crippen molar-refractivity contribution in [1.29, 1.82) is 0 Å². The fraction of sp³-hybridized carbons (Fsp3) is 0.381. The molecule has 1 saturated heterocycles. The summed E-state index contributed by atoms with van der Waals surface area (Å²) in [6.07, 6.45) is 8.19. The highest BCUT2D eigenvalue weighted by Crippen LogP contribution is 2.46. The Morgan fingerprint density at radius 1 is 1.16 bits per heavy atom. The molecule has 2 unspecified atom stereocenters. The molecule has 1 aromatic carbocycles. The predicted octanol–water partition coefficient (Wildman–Crippen LogP) is 4.11. The van der Waals surface area contributed by atoms with Gasteiger partial charge in [-0.2, -0.15) is 0 Å². The number of likely N-dealkylation sites (N-methyl/N-ethyl adjacent to an activating group) is 1. The Hall–Kier alpha value is -2.20. The first-order valence-electron chi connectivity index (χ1n) is 9.14. The van der Waals surface area contributed by atoms with Crippen molar-refractivity contribution in [3.63, 3.8) is 0 Å². The van der Waals surface area contributed by atoms with E-state index in [2.05, 4.69) is 33.6 Å². The molecule has 2 aliphatic rings. The fourth-order valence-electron chi connectivity index (χ4n) is 4.87. The second-order valence-electron chi connectivity index (χ2n) is 7.40. The Labute approximate surface area is 147 Å². The number of aryl methyl sites for hydroxylation is 2. The van der Waals surface area contributed by atoms with Crippen molar-refractivity contribution in [1.82, 2.24) is 14.5 Å². The third-order valence-electron chi connectivity index (χ3n) is 6.15. The molecule has 2 aliphatic heterocycles. The summed E-state index contributed by atoms with van der Waals surface area (Å²) in [5, 5.41) is 1.11. The maximum absolute atomic E-state index is 14.0. The van der Waals surface area contributed by atoms with Crippen molar-refractivity contribution in [3.8, 4) is 0 Å². The highest BCUT2D eigenvalue weighted by Gasteiger charge is 2.40. The van der Waals surface area contributed by atoms with Crippen LogP contribution in [0.25, 0.3) is 10.9 Å². The van der Waals surface area contributed by atoms with Gasteiger partial charge in [0.2, 0.25) is 0 Å². The molecule has 5 rings (SSSR count). The fourth-order valence-corrected chi connectivity index (χ4v) is 4.87. The van der Waals surface area contributed by atoms with Crippen LogP contribution < -0.4 is 0 Å². The third kappa shape index (κ3) is 2.31. The summed E-state index contributed by atoms with van der Waals surface area (Å²) < 4.78 is 16.4. The largest absolute Gasteiger partial charge is 0.344 e. The number of nitrogens with zero attached hydrogens (tertiary/aromatic N) is 3. The Morgan fingerprint density at radius 2 is 2.00 bits per heavy atom. The average molecular weight is 335 g/mol. The van der Waals surface area contributed by atoms with E-state index in [9.17, 15) is 4.39 Å². The monoisotopic (exact) mass is 335 g/mol. The summed E-state index contributed by atoms with van der Waals surface area (Å²) in [6, 6.07) is 10.5. The van der Waals surface area contributed by atoms with Gasteiger partial charge >= 0.3 is 0 Å². The van der Waals surface area contributed by atoms with Crippen LogP contribution >= 0.6 is 0 Å². The number of aromatic nitrogens is 2. The number of halogens is 1. The van der Waals surface area contributed by atoms with Gasteiger partial charge in [-0.1, -0.05) is 0 Å². The molecule has 0 radical (unpaired) electrons. The molecule has 0 aliphatic carbocycles. The summed E-state index contributed by atoms with van der Waals surface area (Å²) in [6.45, 7) is 0.935. The lowest BCUT2D eigenvalue weighted by molar-refractivity contribution is 0.222. The van der Waals surface area contributed by atoms with Crippen molar-refractivity contribution in [3.05, 3.63) is 65.4 Å². The van der Waals surface area contributed by atoms with E-state index in [0.29, 0.717) is 12.1 Å². The molecule has 3 aromatic rings. The van der Waals surface area contributed by atoms with E-state index in [0.717, 1.165) is 24.8 Å². The van der Waals surface area contributed by atoms with E-state index in [1.807, 2.05) is 18.5 Å². The summed E-state index contributed by atoms with van der Waals surface area (Å²) in [5.41, 5.74) is 5.28. The van der Waals surface area contributed by atoms with Crippen LogP contribution in [0.3, 0.4) is 0 Å². The van der Waals surface area contributed by atoms with E-state index >= 15 is 0 Å². The molecule has 2 aromatic heterocycles. The van der Waals surface area contributed by atoms with Crippen LogP contribution in [-0.2, 0) is 19.4 Å². The van der Waals surface area contributed by atoms with Gasteiger partial charge in [-0.3, -0.25) is 9.88 Å². The first-order valence-corrected chi connectivity index (χ1v) is 9.14. The Morgan fingerprint density at radius 3 is 2.84 bits per heavy atom. The maximum atomic E-state index is 14.0. The van der Waals surface area contributed by atoms with Crippen LogP contribution in [0.15, 0.2) is 42.7 Å². The van der Waals surface area contributed by atoms with Gasteiger partial charge in [0.1, 0.15) is 5.82 Å². The first kappa shape index (κ1) is 15.1. The molecule has 2 atom stereocenters. The molecule has 0 amide bonds. The second-order valence-corrected chi connectivity index (χ2v) is 7.40. The molecule has 2 bridgehead atoms. The quantitative estimate of drug-likeness (QED) is 0.718. The van der Waals surface area contributed by atoms with Gasteiger partial charge in [0.05, 0.1) is 0 Å². The smallest absolute Gasteiger partial charge is 0.123 e. The Bertz CT molecular complexity index is 931.